The standard InChI is InChI=1S/C12H21N3O3/c1-6-9-10(8(2)14-18-9)13-11(16)15(5)7-12(3,4)17/h17H,6-7H2,1-5H3,(H,13,16). The monoisotopic (exact) mass is 255 g/mol. The van der Waals surface area contributed by atoms with Gasteiger partial charge in [-0.05, 0) is 20.8 Å². The highest BCUT2D eigenvalue weighted by Gasteiger charge is 2.21. The molecule has 1 aromatic rings. The number of hydrogen-bond donors (Lipinski definition) is 2. The van der Waals surface area contributed by atoms with Crippen molar-refractivity contribution in [1.29, 1.82) is 0 Å². The van der Waals surface area contributed by atoms with E-state index < -0.39 is 5.60 Å². The fraction of sp³-hybridized carbons (Fsp3) is 0.667. The number of amides is 2. The van der Waals surface area contributed by atoms with E-state index in [1.807, 2.05) is 6.92 Å². The summed E-state index contributed by atoms with van der Waals surface area (Å²) in [6, 6.07) is -0.293. The number of anilines is 1. The van der Waals surface area contributed by atoms with E-state index in [4.69, 9.17) is 4.52 Å². The summed E-state index contributed by atoms with van der Waals surface area (Å²) in [6.07, 6.45) is 0.658. The molecule has 0 aliphatic heterocycles. The molecule has 0 aliphatic rings. The normalized spacial score (nSPS) is 11.4. The Kier molecular flexibility index (Phi) is 4.34. The third-order valence-electron chi connectivity index (χ3n) is 2.46. The van der Waals surface area contributed by atoms with Crippen LogP contribution in [0.5, 0.6) is 0 Å². The van der Waals surface area contributed by atoms with Crippen LogP contribution in [0.2, 0.25) is 0 Å². The Morgan fingerprint density at radius 2 is 2.17 bits per heavy atom. The Morgan fingerprint density at radius 3 is 2.67 bits per heavy atom. The first kappa shape index (κ1) is 14.5. The molecule has 0 fully saturated rings. The average Bonchev–Trinajstić information content (AvgIpc) is 2.57. The summed E-state index contributed by atoms with van der Waals surface area (Å²) in [6.45, 7) is 7.24. The predicted molar refractivity (Wildman–Crippen MR) is 68.6 cm³/mol. The summed E-state index contributed by atoms with van der Waals surface area (Å²) in [5.74, 6) is 0.650. The number of carbonyl (C=O) groups is 1. The van der Waals surface area contributed by atoms with Crippen LogP contribution in [0, 0.1) is 6.92 Å². The van der Waals surface area contributed by atoms with Crippen molar-refractivity contribution in [2.45, 2.75) is 39.7 Å². The fourth-order valence-electron chi connectivity index (χ4n) is 1.67. The van der Waals surface area contributed by atoms with Crippen molar-refractivity contribution in [3.8, 4) is 0 Å². The summed E-state index contributed by atoms with van der Waals surface area (Å²) in [5.41, 5.74) is 0.338. The number of aromatic nitrogens is 1. The van der Waals surface area contributed by atoms with Crippen LogP contribution in [0.15, 0.2) is 4.52 Å². The number of aryl methyl sites for hydroxylation is 2. The highest BCUT2D eigenvalue weighted by Crippen LogP contribution is 2.20. The molecule has 1 heterocycles. The van der Waals surface area contributed by atoms with Crippen molar-refractivity contribution in [1.82, 2.24) is 10.1 Å². The van der Waals surface area contributed by atoms with Gasteiger partial charge in [0.05, 0.1) is 12.1 Å². The molecule has 2 amide bonds. The van der Waals surface area contributed by atoms with Crippen molar-refractivity contribution in [3.05, 3.63) is 11.5 Å². The van der Waals surface area contributed by atoms with Gasteiger partial charge < -0.3 is 19.8 Å². The molecule has 0 saturated carbocycles. The highest BCUT2D eigenvalue weighted by atomic mass is 16.5. The lowest BCUT2D eigenvalue weighted by Crippen LogP contribution is -2.41. The van der Waals surface area contributed by atoms with Gasteiger partial charge in [-0.25, -0.2) is 4.79 Å². The zero-order chi connectivity index (χ0) is 13.9. The molecular weight excluding hydrogens is 234 g/mol. The van der Waals surface area contributed by atoms with E-state index in [0.717, 1.165) is 0 Å². The molecule has 0 aliphatic carbocycles. The summed E-state index contributed by atoms with van der Waals surface area (Å²) >= 11 is 0. The minimum atomic E-state index is -0.927. The first-order valence-electron chi connectivity index (χ1n) is 5.94. The maximum atomic E-state index is 11.9. The molecule has 1 aromatic heterocycles. The van der Waals surface area contributed by atoms with E-state index >= 15 is 0 Å². The Bertz CT molecular complexity index is 421. The molecule has 0 spiro atoms. The van der Waals surface area contributed by atoms with Gasteiger partial charge in [0, 0.05) is 13.5 Å². The van der Waals surface area contributed by atoms with Gasteiger partial charge in [0.1, 0.15) is 11.4 Å². The molecule has 0 unspecified atom stereocenters. The van der Waals surface area contributed by atoms with E-state index in [-0.39, 0.29) is 12.6 Å². The number of hydrogen-bond acceptors (Lipinski definition) is 4. The van der Waals surface area contributed by atoms with Gasteiger partial charge in [-0.15, -0.1) is 0 Å². The van der Waals surface area contributed by atoms with Crippen molar-refractivity contribution in [3.63, 3.8) is 0 Å². The van der Waals surface area contributed by atoms with E-state index in [1.165, 1.54) is 4.90 Å². The summed E-state index contributed by atoms with van der Waals surface area (Å²) in [5, 5.41) is 16.2. The lowest BCUT2D eigenvalue weighted by molar-refractivity contribution is 0.0550. The van der Waals surface area contributed by atoms with Crippen LogP contribution in [0.3, 0.4) is 0 Å². The average molecular weight is 255 g/mol. The number of nitrogens with one attached hydrogen (secondary N) is 1. The molecule has 1 rings (SSSR count). The van der Waals surface area contributed by atoms with E-state index in [9.17, 15) is 9.90 Å². The van der Waals surface area contributed by atoms with E-state index in [0.29, 0.717) is 23.6 Å². The minimum absolute atomic E-state index is 0.241. The molecule has 0 aromatic carbocycles. The number of urea groups is 1. The summed E-state index contributed by atoms with van der Waals surface area (Å²) < 4.78 is 5.09. The van der Waals surface area contributed by atoms with Crippen molar-refractivity contribution >= 4 is 11.7 Å². The number of nitrogens with zero attached hydrogens (tertiary/aromatic N) is 2. The van der Waals surface area contributed by atoms with Gasteiger partial charge in [0.15, 0.2) is 5.76 Å². The second-order valence-electron chi connectivity index (χ2n) is 5.02. The molecule has 0 bridgehead atoms. The summed E-state index contributed by atoms with van der Waals surface area (Å²) in [4.78, 5) is 13.4. The predicted octanol–water partition coefficient (Wildman–Crippen LogP) is 1.78. The Hall–Kier alpha value is -1.56. The third kappa shape index (κ3) is 3.73. The summed E-state index contributed by atoms with van der Waals surface area (Å²) in [7, 11) is 1.63. The van der Waals surface area contributed by atoms with Crippen molar-refractivity contribution < 1.29 is 14.4 Å². The molecule has 0 saturated heterocycles. The Labute approximate surface area is 107 Å². The lowest BCUT2D eigenvalue weighted by Gasteiger charge is -2.25. The highest BCUT2D eigenvalue weighted by molar-refractivity contribution is 5.90. The Balaban J connectivity index is 2.72. The topological polar surface area (TPSA) is 78.6 Å². The van der Waals surface area contributed by atoms with Gasteiger partial charge in [0.2, 0.25) is 0 Å². The Morgan fingerprint density at radius 1 is 1.56 bits per heavy atom. The van der Waals surface area contributed by atoms with Crippen LogP contribution in [-0.4, -0.2) is 40.4 Å². The van der Waals surface area contributed by atoms with Gasteiger partial charge in [0.25, 0.3) is 0 Å². The zero-order valence-electron chi connectivity index (χ0n) is 11.6. The largest absolute Gasteiger partial charge is 0.389 e. The first-order chi connectivity index (χ1) is 8.24. The number of rotatable bonds is 4. The molecule has 2 N–H and O–H groups in total. The van der Waals surface area contributed by atoms with E-state index in [1.54, 1.807) is 27.8 Å². The van der Waals surface area contributed by atoms with Gasteiger partial charge in [-0.1, -0.05) is 12.1 Å². The van der Waals surface area contributed by atoms with Crippen LogP contribution in [0.25, 0.3) is 0 Å². The number of carbonyl (C=O) groups excluding carboxylic acids is 1. The van der Waals surface area contributed by atoms with Gasteiger partial charge in [-0.3, -0.25) is 0 Å². The quantitative estimate of drug-likeness (QED) is 0.859. The SMILES string of the molecule is CCc1onc(C)c1NC(=O)N(C)CC(C)(C)O. The van der Waals surface area contributed by atoms with Crippen LogP contribution >= 0.6 is 0 Å². The maximum absolute atomic E-state index is 11.9. The van der Waals surface area contributed by atoms with Gasteiger partial charge in [-0.2, -0.15) is 0 Å². The fourth-order valence-corrected chi connectivity index (χ4v) is 1.67. The smallest absolute Gasteiger partial charge is 0.321 e. The molecular formula is C12H21N3O3. The van der Waals surface area contributed by atoms with Crippen LogP contribution < -0.4 is 5.32 Å². The molecule has 0 atom stereocenters. The second-order valence-corrected chi connectivity index (χ2v) is 5.02. The lowest BCUT2D eigenvalue weighted by atomic mass is 10.1. The molecule has 6 heteroatoms. The molecule has 6 nitrogen and oxygen atoms in total. The van der Waals surface area contributed by atoms with Crippen LogP contribution in [0.1, 0.15) is 32.2 Å². The molecule has 102 valence electrons. The van der Waals surface area contributed by atoms with Gasteiger partial charge >= 0.3 is 6.03 Å². The van der Waals surface area contributed by atoms with Crippen LogP contribution in [-0.2, 0) is 6.42 Å². The molecule has 0 radical (unpaired) electrons. The van der Waals surface area contributed by atoms with Crippen molar-refractivity contribution in [2.24, 2.45) is 0 Å². The number of aliphatic hydroxyl groups is 1. The molecule has 18 heavy (non-hydrogen) atoms. The number of likely N-dealkylation sites (N-methyl/N-ethyl adjacent to an activating group) is 1. The first-order valence-corrected chi connectivity index (χ1v) is 5.94. The second kappa shape index (κ2) is 5.39. The van der Waals surface area contributed by atoms with Crippen LogP contribution in [0.4, 0.5) is 10.5 Å². The minimum Gasteiger partial charge on any atom is -0.389 e. The zero-order valence-corrected chi connectivity index (χ0v) is 11.6. The van der Waals surface area contributed by atoms with Crippen molar-refractivity contribution in [2.75, 3.05) is 18.9 Å². The maximum Gasteiger partial charge on any atom is 0.321 e. The van der Waals surface area contributed by atoms with E-state index in [2.05, 4.69) is 10.5 Å². The third-order valence-corrected chi connectivity index (χ3v) is 2.46.